The SMILES string of the molecule is COc1ccc(C(=O)Nc2cc(C(F)(F)F)ccc2Cl)cc1COc1cccc(C)c1. The Morgan fingerprint density at radius 2 is 1.84 bits per heavy atom. The third-order valence-corrected chi connectivity index (χ3v) is 4.80. The van der Waals surface area contributed by atoms with E-state index in [1.165, 1.54) is 13.2 Å². The average molecular weight is 450 g/mol. The molecule has 162 valence electrons. The number of aryl methyl sites for hydroxylation is 1. The second-order valence-electron chi connectivity index (χ2n) is 6.78. The van der Waals surface area contributed by atoms with Crippen LogP contribution in [0.5, 0.6) is 11.5 Å². The van der Waals surface area contributed by atoms with E-state index in [0.717, 1.165) is 23.8 Å². The van der Waals surface area contributed by atoms with Gasteiger partial charge in [0.15, 0.2) is 0 Å². The highest BCUT2D eigenvalue weighted by atomic mass is 35.5. The number of anilines is 1. The lowest BCUT2D eigenvalue weighted by Crippen LogP contribution is -2.14. The minimum Gasteiger partial charge on any atom is -0.496 e. The first-order chi connectivity index (χ1) is 14.7. The summed E-state index contributed by atoms with van der Waals surface area (Å²) >= 11 is 5.97. The van der Waals surface area contributed by atoms with Crippen molar-refractivity contribution in [1.29, 1.82) is 0 Å². The molecule has 31 heavy (non-hydrogen) atoms. The highest BCUT2D eigenvalue weighted by Crippen LogP contribution is 2.34. The Balaban J connectivity index is 1.81. The van der Waals surface area contributed by atoms with E-state index in [1.807, 2.05) is 31.2 Å². The highest BCUT2D eigenvalue weighted by Gasteiger charge is 2.31. The van der Waals surface area contributed by atoms with Gasteiger partial charge in [0.25, 0.3) is 5.91 Å². The Morgan fingerprint density at radius 1 is 1.06 bits per heavy atom. The third kappa shape index (κ3) is 5.70. The molecule has 0 atom stereocenters. The van der Waals surface area contributed by atoms with Crippen molar-refractivity contribution in [3.05, 3.63) is 87.9 Å². The third-order valence-electron chi connectivity index (χ3n) is 4.47. The topological polar surface area (TPSA) is 47.6 Å². The summed E-state index contributed by atoms with van der Waals surface area (Å²) in [5, 5.41) is 2.43. The largest absolute Gasteiger partial charge is 0.496 e. The number of carbonyl (C=O) groups excluding carboxylic acids is 1. The van der Waals surface area contributed by atoms with E-state index < -0.39 is 17.6 Å². The standard InChI is InChI=1S/C23H19ClF3NO3/c1-14-4-3-5-18(10-14)31-13-16-11-15(6-9-21(16)30-2)22(29)28-20-12-17(23(25,26)27)7-8-19(20)24/h3-12H,13H2,1-2H3,(H,28,29). The number of rotatable bonds is 6. The number of halogens is 4. The number of hydrogen-bond donors (Lipinski definition) is 1. The molecule has 0 bridgehead atoms. The zero-order chi connectivity index (χ0) is 22.6. The molecule has 1 N–H and O–H groups in total. The van der Waals surface area contributed by atoms with E-state index in [2.05, 4.69) is 5.32 Å². The minimum absolute atomic E-state index is 0.00198. The van der Waals surface area contributed by atoms with E-state index >= 15 is 0 Å². The number of nitrogens with one attached hydrogen (secondary N) is 1. The molecular weight excluding hydrogens is 431 g/mol. The predicted octanol–water partition coefficient (Wildman–Crippen LogP) is 6.51. The number of ether oxygens (including phenoxy) is 2. The van der Waals surface area contributed by atoms with Crippen LogP contribution in [0.1, 0.15) is 27.0 Å². The van der Waals surface area contributed by atoms with Crippen LogP contribution < -0.4 is 14.8 Å². The van der Waals surface area contributed by atoms with Crippen LogP contribution in [0.3, 0.4) is 0 Å². The molecule has 0 radical (unpaired) electrons. The van der Waals surface area contributed by atoms with Gasteiger partial charge in [-0.15, -0.1) is 0 Å². The van der Waals surface area contributed by atoms with Gasteiger partial charge >= 0.3 is 6.18 Å². The Kier molecular flexibility index (Phi) is 6.75. The summed E-state index contributed by atoms with van der Waals surface area (Å²) in [6, 6.07) is 14.9. The first-order valence-electron chi connectivity index (χ1n) is 9.22. The van der Waals surface area contributed by atoms with E-state index in [1.54, 1.807) is 12.1 Å². The van der Waals surface area contributed by atoms with Gasteiger partial charge in [-0.05, 0) is 61.0 Å². The van der Waals surface area contributed by atoms with Crippen molar-refractivity contribution in [1.82, 2.24) is 0 Å². The fourth-order valence-electron chi connectivity index (χ4n) is 2.89. The zero-order valence-electron chi connectivity index (χ0n) is 16.7. The van der Waals surface area contributed by atoms with Gasteiger partial charge in [-0.25, -0.2) is 0 Å². The number of hydrogen-bond acceptors (Lipinski definition) is 3. The molecule has 1 amide bonds. The lowest BCUT2D eigenvalue weighted by atomic mass is 10.1. The molecule has 0 unspecified atom stereocenters. The fraction of sp³-hybridized carbons (Fsp3) is 0.174. The molecule has 4 nitrogen and oxygen atoms in total. The van der Waals surface area contributed by atoms with Crippen LogP contribution in [0, 0.1) is 6.92 Å². The quantitative estimate of drug-likeness (QED) is 0.467. The lowest BCUT2D eigenvalue weighted by Gasteiger charge is -2.14. The van der Waals surface area contributed by atoms with E-state index in [9.17, 15) is 18.0 Å². The number of benzene rings is 3. The number of carbonyl (C=O) groups is 1. The van der Waals surface area contributed by atoms with E-state index in [0.29, 0.717) is 17.1 Å². The first-order valence-corrected chi connectivity index (χ1v) is 9.59. The Hall–Kier alpha value is -3.19. The van der Waals surface area contributed by atoms with Crippen molar-refractivity contribution < 1.29 is 27.4 Å². The summed E-state index contributed by atoms with van der Waals surface area (Å²) in [7, 11) is 1.49. The lowest BCUT2D eigenvalue weighted by molar-refractivity contribution is -0.137. The van der Waals surface area contributed by atoms with Gasteiger partial charge in [0, 0.05) is 11.1 Å². The molecule has 3 aromatic carbocycles. The van der Waals surface area contributed by atoms with Crippen LogP contribution >= 0.6 is 11.6 Å². The van der Waals surface area contributed by atoms with Gasteiger partial charge in [-0.3, -0.25) is 4.79 Å². The normalized spacial score (nSPS) is 11.2. The van der Waals surface area contributed by atoms with Gasteiger partial charge in [0.05, 0.1) is 23.4 Å². The summed E-state index contributed by atoms with van der Waals surface area (Å²) in [4.78, 5) is 12.7. The molecule has 0 aliphatic heterocycles. The second-order valence-corrected chi connectivity index (χ2v) is 7.19. The molecule has 3 rings (SSSR count). The van der Waals surface area contributed by atoms with Crippen molar-refractivity contribution in [2.75, 3.05) is 12.4 Å². The summed E-state index contributed by atoms with van der Waals surface area (Å²) in [6.07, 6.45) is -4.55. The second kappa shape index (κ2) is 9.31. The summed E-state index contributed by atoms with van der Waals surface area (Å²) in [6.45, 7) is 2.08. The van der Waals surface area contributed by atoms with E-state index in [4.69, 9.17) is 21.1 Å². The average Bonchev–Trinajstić information content (AvgIpc) is 2.72. The number of methoxy groups -OCH3 is 1. The van der Waals surface area contributed by atoms with Crippen LogP contribution in [0.15, 0.2) is 60.7 Å². The maximum Gasteiger partial charge on any atom is 0.416 e. The van der Waals surface area contributed by atoms with E-state index in [-0.39, 0.29) is 22.9 Å². The van der Waals surface area contributed by atoms with Crippen LogP contribution in [0.4, 0.5) is 18.9 Å². The molecule has 8 heteroatoms. The maximum atomic E-state index is 13.0. The monoisotopic (exact) mass is 449 g/mol. The Labute approximate surface area is 182 Å². The Bertz CT molecular complexity index is 1100. The highest BCUT2D eigenvalue weighted by molar-refractivity contribution is 6.34. The molecule has 0 spiro atoms. The molecule has 0 saturated heterocycles. The summed E-state index contributed by atoms with van der Waals surface area (Å²) in [5.74, 6) is 0.564. The summed E-state index contributed by atoms with van der Waals surface area (Å²) in [5.41, 5.74) is 0.823. The molecule has 0 heterocycles. The van der Waals surface area contributed by atoms with Gasteiger partial charge in [0.1, 0.15) is 18.1 Å². The molecule has 3 aromatic rings. The van der Waals surface area contributed by atoms with Gasteiger partial charge in [-0.1, -0.05) is 23.7 Å². The van der Waals surface area contributed by atoms with Crippen molar-refractivity contribution in [3.63, 3.8) is 0 Å². The van der Waals surface area contributed by atoms with Crippen LogP contribution in [-0.2, 0) is 12.8 Å². The molecule has 0 aliphatic rings. The number of amides is 1. The van der Waals surface area contributed by atoms with Gasteiger partial charge in [-0.2, -0.15) is 13.2 Å². The van der Waals surface area contributed by atoms with Crippen molar-refractivity contribution in [2.24, 2.45) is 0 Å². The molecular formula is C23H19ClF3NO3. The van der Waals surface area contributed by atoms with Crippen molar-refractivity contribution in [2.45, 2.75) is 19.7 Å². The molecule has 0 saturated carbocycles. The fourth-order valence-corrected chi connectivity index (χ4v) is 3.06. The van der Waals surface area contributed by atoms with Gasteiger partial charge in [0.2, 0.25) is 0 Å². The van der Waals surface area contributed by atoms with Crippen LogP contribution in [-0.4, -0.2) is 13.0 Å². The van der Waals surface area contributed by atoms with Gasteiger partial charge < -0.3 is 14.8 Å². The summed E-state index contributed by atoms with van der Waals surface area (Å²) < 4.78 is 50.0. The minimum atomic E-state index is -4.55. The Morgan fingerprint density at radius 3 is 2.52 bits per heavy atom. The zero-order valence-corrected chi connectivity index (χ0v) is 17.5. The number of alkyl halides is 3. The van der Waals surface area contributed by atoms with Crippen molar-refractivity contribution in [3.8, 4) is 11.5 Å². The molecule has 0 aliphatic carbocycles. The van der Waals surface area contributed by atoms with Crippen LogP contribution in [0.25, 0.3) is 0 Å². The molecule has 0 aromatic heterocycles. The predicted molar refractivity (Wildman–Crippen MR) is 113 cm³/mol. The maximum absolute atomic E-state index is 13.0. The molecule has 0 fully saturated rings. The van der Waals surface area contributed by atoms with Crippen LogP contribution in [0.2, 0.25) is 5.02 Å². The smallest absolute Gasteiger partial charge is 0.416 e. The van der Waals surface area contributed by atoms with Crippen molar-refractivity contribution >= 4 is 23.2 Å². The first kappa shape index (κ1) is 22.5.